The summed E-state index contributed by atoms with van der Waals surface area (Å²) in [4.78, 5) is 4.55. The van der Waals surface area contributed by atoms with Crippen molar-refractivity contribution in [1.82, 2.24) is 4.98 Å². The zero-order valence-electron chi connectivity index (χ0n) is 18.4. The van der Waals surface area contributed by atoms with Crippen LogP contribution in [-0.2, 0) is 23.4 Å². The van der Waals surface area contributed by atoms with Gasteiger partial charge in [-0.25, -0.2) is 4.98 Å². The lowest BCUT2D eigenvalue weighted by atomic mass is 9.83. The van der Waals surface area contributed by atoms with Gasteiger partial charge in [0, 0.05) is 17.7 Å². The van der Waals surface area contributed by atoms with E-state index in [1.807, 2.05) is 5.38 Å². The van der Waals surface area contributed by atoms with Gasteiger partial charge in [-0.1, -0.05) is 13.0 Å². The Morgan fingerprint density at radius 1 is 1.29 bits per heavy atom. The molecule has 0 bridgehead atoms. The van der Waals surface area contributed by atoms with E-state index >= 15 is 0 Å². The first-order valence-electron chi connectivity index (χ1n) is 11.7. The maximum absolute atomic E-state index is 10.8. The Bertz CT molecular complexity index is 926. The van der Waals surface area contributed by atoms with Crippen molar-refractivity contribution >= 4 is 11.3 Å². The molecule has 3 fully saturated rings. The number of thiazole rings is 1. The van der Waals surface area contributed by atoms with Crippen LogP contribution in [-0.4, -0.2) is 34.0 Å². The highest BCUT2D eigenvalue weighted by Crippen LogP contribution is 2.49. The molecule has 2 N–H and O–H groups in total. The van der Waals surface area contributed by atoms with Crippen LogP contribution >= 0.6 is 11.3 Å². The molecule has 0 radical (unpaired) electrons. The molecule has 168 valence electrons. The van der Waals surface area contributed by atoms with Gasteiger partial charge in [0.2, 0.25) is 0 Å². The van der Waals surface area contributed by atoms with Gasteiger partial charge in [-0.2, -0.15) is 0 Å². The van der Waals surface area contributed by atoms with Gasteiger partial charge in [0.15, 0.2) is 0 Å². The largest absolute Gasteiger partial charge is 0.493 e. The third kappa shape index (κ3) is 4.15. The zero-order chi connectivity index (χ0) is 21.6. The number of hydrogen-bond donors (Lipinski definition) is 2. The van der Waals surface area contributed by atoms with Crippen LogP contribution in [0.3, 0.4) is 0 Å². The molecule has 31 heavy (non-hydrogen) atoms. The van der Waals surface area contributed by atoms with Crippen molar-refractivity contribution in [3.63, 3.8) is 0 Å². The van der Waals surface area contributed by atoms with Gasteiger partial charge in [0.1, 0.15) is 16.4 Å². The maximum atomic E-state index is 10.8. The molecule has 3 aliphatic rings. The summed E-state index contributed by atoms with van der Waals surface area (Å²) in [5.41, 5.74) is 3.14. The van der Waals surface area contributed by atoms with Gasteiger partial charge < -0.3 is 19.7 Å². The van der Waals surface area contributed by atoms with Crippen LogP contribution in [0.25, 0.3) is 0 Å². The fraction of sp³-hybridized carbons (Fsp3) is 0.640. The Morgan fingerprint density at radius 3 is 2.84 bits per heavy atom. The molecule has 2 saturated carbocycles. The number of rotatable bonds is 7. The molecule has 5 rings (SSSR count). The molecule has 2 aliphatic carbocycles. The smallest absolute Gasteiger partial charge is 0.125 e. The Hall–Kier alpha value is -1.47. The van der Waals surface area contributed by atoms with Gasteiger partial charge in [0.05, 0.1) is 31.1 Å². The second-order valence-electron chi connectivity index (χ2n) is 9.66. The van der Waals surface area contributed by atoms with Crippen molar-refractivity contribution in [3.05, 3.63) is 45.4 Å². The fourth-order valence-corrected chi connectivity index (χ4v) is 6.43. The molecule has 1 aliphatic heterocycles. The molecule has 1 saturated heterocycles. The summed E-state index contributed by atoms with van der Waals surface area (Å²) >= 11 is 1.55. The van der Waals surface area contributed by atoms with Crippen molar-refractivity contribution < 1.29 is 19.7 Å². The lowest BCUT2D eigenvalue weighted by Crippen LogP contribution is -2.41. The molecule has 2 aromatic rings. The molecule has 1 aromatic carbocycles. The highest BCUT2D eigenvalue weighted by Gasteiger charge is 2.50. The van der Waals surface area contributed by atoms with E-state index in [-0.39, 0.29) is 18.6 Å². The number of benzene rings is 1. The molecule has 1 aromatic heterocycles. The minimum atomic E-state index is -0.441. The Labute approximate surface area is 188 Å². The van der Waals surface area contributed by atoms with Crippen LogP contribution in [0.5, 0.6) is 5.75 Å². The van der Waals surface area contributed by atoms with E-state index in [4.69, 9.17) is 9.47 Å². The monoisotopic (exact) mass is 443 g/mol. The first-order valence-corrected chi connectivity index (χ1v) is 12.6. The highest BCUT2D eigenvalue weighted by atomic mass is 32.1. The number of aliphatic hydroxyl groups is 2. The first-order chi connectivity index (χ1) is 15.0. The number of aryl methyl sites for hydroxylation is 1. The minimum absolute atomic E-state index is 0.0216. The molecule has 5 nitrogen and oxygen atoms in total. The Balaban J connectivity index is 1.25. The van der Waals surface area contributed by atoms with E-state index in [2.05, 4.69) is 37.0 Å². The standard InChI is InChI=1S/C25H33NO4S/c1-3-15-6-7-18(10-20(15)16-4-5-16)29-13-21-19-8-9-25(2,30-23(19)11-22(21)28)24-26-17(12-27)14-31-24/h6-7,10,14,16,19,21-23,27-28H,3-5,8-9,11-13H2,1-2H3/t19-,21-,22-,23+,25-/m1/s1. The molecule has 0 unspecified atom stereocenters. The number of nitrogens with zero attached hydrogens (tertiary/aromatic N) is 1. The highest BCUT2D eigenvalue weighted by molar-refractivity contribution is 7.09. The lowest BCUT2D eigenvalue weighted by molar-refractivity contribution is -0.145. The van der Waals surface area contributed by atoms with E-state index < -0.39 is 11.7 Å². The second kappa shape index (κ2) is 8.47. The number of fused-ring (bicyclic) bond motifs is 1. The predicted molar refractivity (Wildman–Crippen MR) is 120 cm³/mol. The number of ether oxygens (including phenoxy) is 2. The topological polar surface area (TPSA) is 71.8 Å². The number of hydrogen-bond acceptors (Lipinski definition) is 6. The maximum Gasteiger partial charge on any atom is 0.125 e. The fourth-order valence-electron chi connectivity index (χ4n) is 5.49. The van der Waals surface area contributed by atoms with Crippen LogP contribution in [0.4, 0.5) is 0 Å². The van der Waals surface area contributed by atoms with Crippen LogP contribution in [0, 0.1) is 11.8 Å². The van der Waals surface area contributed by atoms with Crippen molar-refractivity contribution in [2.75, 3.05) is 6.61 Å². The summed E-state index contributed by atoms with van der Waals surface area (Å²) in [5.74, 6) is 2.03. The first kappa shape index (κ1) is 21.4. The van der Waals surface area contributed by atoms with E-state index in [9.17, 15) is 10.2 Å². The average molecular weight is 444 g/mol. The van der Waals surface area contributed by atoms with Crippen molar-refractivity contribution in [2.24, 2.45) is 11.8 Å². The summed E-state index contributed by atoms with van der Waals surface area (Å²) in [6, 6.07) is 6.52. The van der Waals surface area contributed by atoms with Crippen LogP contribution in [0.15, 0.2) is 23.6 Å². The quantitative estimate of drug-likeness (QED) is 0.657. The molecule has 5 atom stereocenters. The van der Waals surface area contributed by atoms with E-state index in [1.54, 1.807) is 11.3 Å². The van der Waals surface area contributed by atoms with Gasteiger partial charge in [0.25, 0.3) is 0 Å². The van der Waals surface area contributed by atoms with E-state index in [0.29, 0.717) is 30.6 Å². The third-order valence-electron chi connectivity index (χ3n) is 7.49. The normalized spacial score (nSPS) is 32.8. The van der Waals surface area contributed by atoms with E-state index in [0.717, 1.165) is 30.0 Å². The van der Waals surface area contributed by atoms with Gasteiger partial charge in [-0.15, -0.1) is 11.3 Å². The SMILES string of the molecule is CCc1ccc(OC[C@@H]2[C@H]3CC[C@](C)(c4nc(CO)cs4)O[C@H]3C[C@H]2O)cc1C1CC1. The summed E-state index contributed by atoms with van der Waals surface area (Å²) in [6.07, 6.45) is 5.76. The summed E-state index contributed by atoms with van der Waals surface area (Å²) in [7, 11) is 0. The number of aliphatic hydroxyl groups excluding tert-OH is 2. The molecule has 6 heteroatoms. The van der Waals surface area contributed by atoms with Crippen LogP contribution in [0.1, 0.15) is 73.7 Å². The summed E-state index contributed by atoms with van der Waals surface area (Å²) < 4.78 is 12.8. The summed E-state index contributed by atoms with van der Waals surface area (Å²) in [6.45, 7) is 4.79. The predicted octanol–water partition coefficient (Wildman–Crippen LogP) is 4.55. The van der Waals surface area contributed by atoms with Crippen molar-refractivity contribution in [2.45, 2.75) is 82.7 Å². The zero-order valence-corrected chi connectivity index (χ0v) is 19.2. The van der Waals surface area contributed by atoms with Crippen LogP contribution < -0.4 is 4.74 Å². The van der Waals surface area contributed by atoms with Crippen LogP contribution in [0.2, 0.25) is 0 Å². The molecular formula is C25H33NO4S. The van der Waals surface area contributed by atoms with Gasteiger partial charge >= 0.3 is 0 Å². The Kier molecular flexibility index (Phi) is 5.84. The van der Waals surface area contributed by atoms with Crippen molar-refractivity contribution in [1.29, 1.82) is 0 Å². The average Bonchev–Trinajstić information content (AvgIpc) is 3.41. The number of aromatic nitrogens is 1. The molecule has 2 heterocycles. The lowest BCUT2D eigenvalue weighted by Gasteiger charge is -2.40. The molecule has 0 amide bonds. The van der Waals surface area contributed by atoms with E-state index in [1.165, 1.54) is 24.0 Å². The van der Waals surface area contributed by atoms with Gasteiger partial charge in [-0.3, -0.25) is 0 Å². The third-order valence-corrected chi connectivity index (χ3v) is 8.62. The van der Waals surface area contributed by atoms with Crippen molar-refractivity contribution in [3.8, 4) is 5.75 Å². The molecular weight excluding hydrogens is 410 g/mol. The second-order valence-corrected chi connectivity index (χ2v) is 10.5. The Morgan fingerprint density at radius 2 is 2.13 bits per heavy atom. The molecule has 0 spiro atoms. The van der Waals surface area contributed by atoms with Gasteiger partial charge in [-0.05, 0) is 74.1 Å². The summed E-state index contributed by atoms with van der Waals surface area (Å²) in [5, 5.41) is 23.0. The minimum Gasteiger partial charge on any atom is -0.493 e.